The van der Waals surface area contributed by atoms with Gasteiger partial charge in [-0.3, -0.25) is 5.10 Å². The molecule has 0 radical (unpaired) electrons. The fraction of sp³-hybridized carbons (Fsp3) is 0.786. The predicted octanol–water partition coefficient (Wildman–Crippen LogP) is 1.69. The van der Waals surface area contributed by atoms with E-state index in [2.05, 4.69) is 20.2 Å². The van der Waals surface area contributed by atoms with Crippen molar-refractivity contribution in [1.29, 1.82) is 0 Å². The molecule has 0 aromatic carbocycles. The minimum atomic E-state index is -3.52. The lowest BCUT2D eigenvalue weighted by Gasteiger charge is -2.10. The van der Waals surface area contributed by atoms with Gasteiger partial charge in [-0.2, -0.15) is 5.10 Å². The molecule has 7 heteroatoms. The smallest absolute Gasteiger partial charge is 0.260 e. The molecule has 1 aliphatic rings. The van der Waals surface area contributed by atoms with Crippen molar-refractivity contribution < 1.29 is 8.42 Å². The van der Waals surface area contributed by atoms with Crippen LogP contribution in [-0.4, -0.2) is 31.7 Å². The van der Waals surface area contributed by atoms with E-state index in [4.69, 9.17) is 0 Å². The quantitative estimate of drug-likeness (QED) is 0.681. The van der Waals surface area contributed by atoms with E-state index in [-0.39, 0.29) is 5.03 Å². The lowest BCUT2D eigenvalue weighted by molar-refractivity contribution is 0.495. The largest absolute Gasteiger partial charge is 0.313 e. The molecule has 2 rings (SSSR count). The molecule has 21 heavy (non-hydrogen) atoms. The van der Waals surface area contributed by atoms with Crippen molar-refractivity contribution in [3.63, 3.8) is 0 Å². The predicted molar refractivity (Wildman–Crippen MR) is 82.5 cm³/mol. The summed E-state index contributed by atoms with van der Waals surface area (Å²) in [5.74, 6) is 0.676. The van der Waals surface area contributed by atoms with Gasteiger partial charge in [0.1, 0.15) is 0 Å². The molecule has 0 spiro atoms. The minimum Gasteiger partial charge on any atom is -0.313 e. The van der Waals surface area contributed by atoms with Crippen LogP contribution in [0.1, 0.15) is 50.3 Å². The summed E-state index contributed by atoms with van der Waals surface area (Å²) in [6.45, 7) is 5.64. The number of sulfonamides is 1. The summed E-state index contributed by atoms with van der Waals surface area (Å²) in [5, 5.41) is 10.0. The first-order valence-corrected chi connectivity index (χ1v) is 9.27. The van der Waals surface area contributed by atoms with Crippen LogP contribution >= 0.6 is 0 Å². The fourth-order valence-corrected chi connectivity index (χ4v) is 4.11. The van der Waals surface area contributed by atoms with Crippen molar-refractivity contribution in [1.82, 2.24) is 20.2 Å². The van der Waals surface area contributed by atoms with Crippen LogP contribution in [0.4, 0.5) is 0 Å². The summed E-state index contributed by atoms with van der Waals surface area (Å²) >= 11 is 0. The molecule has 120 valence electrons. The summed E-state index contributed by atoms with van der Waals surface area (Å²) in [6.07, 6.45) is 5.95. The van der Waals surface area contributed by atoms with Gasteiger partial charge in [0, 0.05) is 24.3 Å². The molecule has 1 fully saturated rings. The Labute approximate surface area is 127 Å². The average molecular weight is 314 g/mol. The molecule has 0 saturated heterocycles. The monoisotopic (exact) mass is 314 g/mol. The van der Waals surface area contributed by atoms with Crippen molar-refractivity contribution in [3.8, 4) is 0 Å². The average Bonchev–Trinajstić information content (AvgIpc) is 3.06. The third kappa shape index (κ3) is 4.28. The Morgan fingerprint density at radius 2 is 2.05 bits per heavy atom. The van der Waals surface area contributed by atoms with E-state index in [1.165, 1.54) is 25.7 Å². The number of nitrogens with one attached hydrogen (secondary N) is 3. The van der Waals surface area contributed by atoms with E-state index >= 15 is 0 Å². The zero-order chi connectivity index (χ0) is 15.3. The molecule has 1 saturated carbocycles. The topological polar surface area (TPSA) is 86.9 Å². The van der Waals surface area contributed by atoms with E-state index in [0.29, 0.717) is 19.0 Å². The highest BCUT2D eigenvalue weighted by molar-refractivity contribution is 7.89. The first kappa shape index (κ1) is 16.5. The van der Waals surface area contributed by atoms with Gasteiger partial charge >= 0.3 is 0 Å². The Hall–Kier alpha value is -0.920. The number of H-pyrrole nitrogens is 1. The second-order valence-corrected chi connectivity index (χ2v) is 7.43. The Bertz CT molecular complexity index is 547. The molecule has 1 heterocycles. The Balaban J connectivity index is 1.97. The number of rotatable bonds is 8. The van der Waals surface area contributed by atoms with Gasteiger partial charge in [0.2, 0.25) is 0 Å². The molecular weight excluding hydrogens is 288 g/mol. The van der Waals surface area contributed by atoms with E-state index < -0.39 is 10.0 Å². The second-order valence-electron chi connectivity index (χ2n) is 5.75. The molecule has 0 amide bonds. The molecule has 6 nitrogen and oxygen atoms in total. The van der Waals surface area contributed by atoms with E-state index in [9.17, 15) is 8.42 Å². The van der Waals surface area contributed by atoms with Gasteiger partial charge in [0.25, 0.3) is 10.0 Å². The van der Waals surface area contributed by atoms with Crippen LogP contribution in [-0.2, 0) is 16.6 Å². The third-order valence-corrected chi connectivity index (χ3v) is 5.59. The lowest BCUT2D eigenvalue weighted by atomic mass is 10.1. The third-order valence-electron chi connectivity index (χ3n) is 4.16. The normalized spacial score (nSPS) is 16.7. The highest BCUT2D eigenvalue weighted by Crippen LogP contribution is 2.27. The van der Waals surface area contributed by atoms with Crippen LogP contribution in [0, 0.1) is 12.8 Å². The Morgan fingerprint density at radius 1 is 1.33 bits per heavy atom. The van der Waals surface area contributed by atoms with Gasteiger partial charge < -0.3 is 5.32 Å². The highest BCUT2D eigenvalue weighted by atomic mass is 32.2. The maximum Gasteiger partial charge on any atom is 0.260 e. The van der Waals surface area contributed by atoms with Crippen LogP contribution in [0.5, 0.6) is 0 Å². The standard InChI is InChI=1S/C14H26N4O2S/c1-3-15-10-13-11(2)17-18-14(13)21(19,20)16-9-8-12-6-4-5-7-12/h12,15-16H,3-10H2,1-2H3,(H,17,18). The maximum absolute atomic E-state index is 12.4. The molecule has 0 aliphatic heterocycles. The van der Waals surface area contributed by atoms with Gasteiger partial charge in [-0.1, -0.05) is 32.6 Å². The van der Waals surface area contributed by atoms with Gasteiger partial charge in [-0.15, -0.1) is 0 Å². The summed E-state index contributed by atoms with van der Waals surface area (Å²) in [7, 11) is -3.52. The Kier molecular flexibility index (Phi) is 5.78. The number of aromatic amines is 1. The molecule has 0 atom stereocenters. The first-order chi connectivity index (χ1) is 10.0. The van der Waals surface area contributed by atoms with Crippen molar-refractivity contribution in [3.05, 3.63) is 11.3 Å². The van der Waals surface area contributed by atoms with Crippen molar-refractivity contribution in [2.75, 3.05) is 13.1 Å². The van der Waals surface area contributed by atoms with Gasteiger partial charge in [0.05, 0.1) is 0 Å². The van der Waals surface area contributed by atoms with E-state index in [1.54, 1.807) is 0 Å². The fourth-order valence-electron chi connectivity index (χ4n) is 2.88. The highest BCUT2D eigenvalue weighted by Gasteiger charge is 2.24. The van der Waals surface area contributed by atoms with Gasteiger partial charge in [-0.25, -0.2) is 13.1 Å². The Morgan fingerprint density at radius 3 is 2.71 bits per heavy atom. The number of hydrogen-bond acceptors (Lipinski definition) is 4. The molecule has 1 aliphatic carbocycles. The SMILES string of the molecule is CCNCc1c(S(=O)(=O)NCCC2CCCC2)n[nH]c1C. The van der Waals surface area contributed by atoms with Crippen molar-refractivity contribution in [2.24, 2.45) is 5.92 Å². The zero-order valence-corrected chi connectivity index (χ0v) is 13.7. The van der Waals surface area contributed by atoms with Crippen molar-refractivity contribution in [2.45, 2.75) is 57.5 Å². The van der Waals surface area contributed by atoms with Crippen molar-refractivity contribution >= 4 is 10.0 Å². The summed E-state index contributed by atoms with van der Waals surface area (Å²) in [4.78, 5) is 0. The van der Waals surface area contributed by atoms with Gasteiger partial charge in [0.15, 0.2) is 5.03 Å². The maximum atomic E-state index is 12.4. The number of aryl methyl sites for hydroxylation is 1. The zero-order valence-electron chi connectivity index (χ0n) is 12.9. The summed E-state index contributed by atoms with van der Waals surface area (Å²) in [5.41, 5.74) is 1.53. The molecule has 1 aromatic rings. The number of nitrogens with zero attached hydrogens (tertiary/aromatic N) is 1. The molecule has 1 aromatic heterocycles. The summed E-state index contributed by atoms with van der Waals surface area (Å²) in [6, 6.07) is 0. The van der Waals surface area contributed by atoms with Crippen LogP contribution < -0.4 is 10.0 Å². The van der Waals surface area contributed by atoms with E-state index in [0.717, 1.165) is 24.2 Å². The van der Waals surface area contributed by atoms with E-state index in [1.807, 2.05) is 13.8 Å². The number of aromatic nitrogens is 2. The van der Waals surface area contributed by atoms with Gasteiger partial charge in [-0.05, 0) is 25.8 Å². The molecular formula is C14H26N4O2S. The molecule has 0 bridgehead atoms. The van der Waals surface area contributed by atoms with Crippen LogP contribution in [0.2, 0.25) is 0 Å². The van der Waals surface area contributed by atoms with Crippen LogP contribution in [0.25, 0.3) is 0 Å². The number of hydrogen-bond donors (Lipinski definition) is 3. The lowest BCUT2D eigenvalue weighted by Crippen LogP contribution is -2.28. The summed E-state index contributed by atoms with van der Waals surface area (Å²) < 4.78 is 27.5. The second kappa shape index (κ2) is 7.38. The minimum absolute atomic E-state index is 0.132. The molecule has 0 unspecified atom stereocenters. The van der Waals surface area contributed by atoms with Crippen LogP contribution in [0.15, 0.2) is 5.03 Å². The van der Waals surface area contributed by atoms with Crippen LogP contribution in [0.3, 0.4) is 0 Å². The molecule has 3 N–H and O–H groups in total. The first-order valence-electron chi connectivity index (χ1n) is 7.78.